The van der Waals surface area contributed by atoms with Crippen molar-refractivity contribution in [2.45, 2.75) is 6.92 Å². The zero-order valence-corrected chi connectivity index (χ0v) is 19.4. The Labute approximate surface area is 201 Å². The lowest BCUT2D eigenvalue weighted by Gasteiger charge is -2.08. The molecule has 0 aliphatic heterocycles. The summed E-state index contributed by atoms with van der Waals surface area (Å²) in [5.74, 6) is -3.15. The van der Waals surface area contributed by atoms with Crippen LogP contribution in [0, 0.1) is 5.82 Å². The Balaban J connectivity index is 1.59. The van der Waals surface area contributed by atoms with E-state index in [0.29, 0.717) is 15.7 Å². The van der Waals surface area contributed by atoms with Gasteiger partial charge in [-0.25, -0.2) is 14.6 Å². The second kappa shape index (κ2) is 10.8. The maximum atomic E-state index is 13.8. The SMILES string of the molecule is C/C(=N\NC(=O)C(=O)Nc1ccc(Br)cc1F)c1ccc(OC(=O)c2ccccc2Cl)cc1. The molecule has 0 heterocycles. The van der Waals surface area contributed by atoms with Gasteiger partial charge in [0.1, 0.15) is 11.6 Å². The average Bonchev–Trinajstić information content (AvgIpc) is 2.79. The summed E-state index contributed by atoms with van der Waals surface area (Å²) in [6, 6.07) is 16.9. The minimum Gasteiger partial charge on any atom is -0.423 e. The molecule has 33 heavy (non-hydrogen) atoms. The molecule has 0 spiro atoms. The Kier molecular flexibility index (Phi) is 7.92. The van der Waals surface area contributed by atoms with E-state index >= 15 is 0 Å². The Hall–Kier alpha value is -3.56. The summed E-state index contributed by atoms with van der Waals surface area (Å²) in [6.07, 6.45) is 0. The number of anilines is 1. The predicted molar refractivity (Wildman–Crippen MR) is 126 cm³/mol. The van der Waals surface area contributed by atoms with Crippen LogP contribution >= 0.6 is 27.5 Å². The van der Waals surface area contributed by atoms with Gasteiger partial charge < -0.3 is 10.1 Å². The smallest absolute Gasteiger partial charge is 0.345 e. The van der Waals surface area contributed by atoms with E-state index in [4.69, 9.17) is 16.3 Å². The lowest BCUT2D eigenvalue weighted by molar-refractivity contribution is -0.136. The zero-order chi connectivity index (χ0) is 24.0. The summed E-state index contributed by atoms with van der Waals surface area (Å²) in [5.41, 5.74) is 3.20. The molecule has 0 atom stereocenters. The van der Waals surface area contributed by atoms with Gasteiger partial charge >= 0.3 is 17.8 Å². The third-order valence-corrected chi connectivity index (χ3v) is 5.11. The number of esters is 1. The number of nitrogens with zero attached hydrogens (tertiary/aromatic N) is 1. The Bertz CT molecular complexity index is 1250. The summed E-state index contributed by atoms with van der Waals surface area (Å²) in [5, 5.41) is 6.33. The Morgan fingerprint density at radius 1 is 1.00 bits per heavy atom. The van der Waals surface area contributed by atoms with Crippen LogP contribution in [0.1, 0.15) is 22.8 Å². The van der Waals surface area contributed by atoms with Crippen molar-refractivity contribution >= 4 is 56.7 Å². The van der Waals surface area contributed by atoms with Gasteiger partial charge in [0, 0.05) is 4.47 Å². The summed E-state index contributed by atoms with van der Waals surface area (Å²) in [6.45, 7) is 1.61. The summed E-state index contributed by atoms with van der Waals surface area (Å²) >= 11 is 9.10. The molecule has 7 nitrogen and oxygen atoms in total. The van der Waals surface area contributed by atoms with E-state index in [1.165, 1.54) is 12.1 Å². The van der Waals surface area contributed by atoms with Crippen molar-refractivity contribution in [2.24, 2.45) is 5.10 Å². The van der Waals surface area contributed by atoms with Gasteiger partial charge in [-0.2, -0.15) is 5.10 Å². The van der Waals surface area contributed by atoms with E-state index < -0.39 is 23.6 Å². The Morgan fingerprint density at radius 3 is 2.36 bits per heavy atom. The second-order valence-electron chi connectivity index (χ2n) is 6.61. The first kappa shape index (κ1) is 24.1. The number of rotatable bonds is 5. The van der Waals surface area contributed by atoms with Crippen molar-refractivity contribution in [3.05, 3.63) is 93.2 Å². The fourth-order valence-electron chi connectivity index (χ4n) is 2.57. The molecule has 2 amide bonds. The second-order valence-corrected chi connectivity index (χ2v) is 7.93. The number of benzene rings is 3. The molecule has 3 aromatic rings. The van der Waals surface area contributed by atoms with Crippen molar-refractivity contribution in [1.29, 1.82) is 0 Å². The molecule has 0 saturated heterocycles. The van der Waals surface area contributed by atoms with Crippen LogP contribution in [0.5, 0.6) is 5.75 Å². The van der Waals surface area contributed by atoms with Crippen molar-refractivity contribution < 1.29 is 23.5 Å². The van der Waals surface area contributed by atoms with Gasteiger partial charge in [-0.3, -0.25) is 9.59 Å². The molecule has 10 heteroatoms. The third kappa shape index (κ3) is 6.47. The largest absolute Gasteiger partial charge is 0.423 e. The van der Waals surface area contributed by atoms with Gasteiger partial charge in [0.25, 0.3) is 0 Å². The number of hydrogen-bond donors (Lipinski definition) is 2. The van der Waals surface area contributed by atoms with Crippen molar-refractivity contribution in [1.82, 2.24) is 5.43 Å². The number of hydrazone groups is 1. The molecular weight excluding hydrogens is 517 g/mol. The molecule has 3 aromatic carbocycles. The van der Waals surface area contributed by atoms with Crippen LogP contribution in [0.2, 0.25) is 5.02 Å². The first-order valence-corrected chi connectivity index (χ1v) is 10.6. The van der Waals surface area contributed by atoms with E-state index in [2.05, 4.69) is 31.8 Å². The van der Waals surface area contributed by atoms with Crippen LogP contribution in [0.25, 0.3) is 0 Å². The average molecular weight is 533 g/mol. The molecule has 2 N–H and O–H groups in total. The number of ether oxygens (including phenoxy) is 1. The van der Waals surface area contributed by atoms with Gasteiger partial charge in [-0.1, -0.05) is 39.7 Å². The molecule has 0 bridgehead atoms. The van der Waals surface area contributed by atoms with E-state index in [1.807, 2.05) is 0 Å². The minimum atomic E-state index is -1.07. The topological polar surface area (TPSA) is 96.9 Å². The highest BCUT2D eigenvalue weighted by molar-refractivity contribution is 9.10. The molecule has 0 aromatic heterocycles. The number of carbonyl (C=O) groups is 3. The number of carbonyl (C=O) groups excluding carboxylic acids is 3. The molecular formula is C23H16BrClFN3O4. The van der Waals surface area contributed by atoms with E-state index in [1.54, 1.807) is 55.5 Å². The van der Waals surface area contributed by atoms with Crippen molar-refractivity contribution in [3.63, 3.8) is 0 Å². The molecule has 0 aliphatic rings. The van der Waals surface area contributed by atoms with Crippen molar-refractivity contribution in [3.8, 4) is 5.75 Å². The number of hydrogen-bond acceptors (Lipinski definition) is 5. The Morgan fingerprint density at radius 2 is 1.70 bits per heavy atom. The maximum absolute atomic E-state index is 13.8. The zero-order valence-electron chi connectivity index (χ0n) is 17.1. The van der Waals surface area contributed by atoms with Crippen LogP contribution in [0.15, 0.2) is 76.3 Å². The molecule has 0 saturated carbocycles. The molecule has 0 fully saturated rings. The predicted octanol–water partition coefficient (Wildman–Crippen LogP) is 4.94. The monoisotopic (exact) mass is 531 g/mol. The number of amides is 2. The minimum absolute atomic E-state index is 0.138. The van der Waals surface area contributed by atoms with E-state index in [-0.39, 0.29) is 22.0 Å². The van der Waals surface area contributed by atoms with Gasteiger partial charge in [-0.15, -0.1) is 0 Å². The highest BCUT2D eigenvalue weighted by atomic mass is 79.9. The molecule has 3 rings (SSSR count). The van der Waals surface area contributed by atoms with Gasteiger partial charge in [0.05, 0.1) is 22.0 Å². The fourth-order valence-corrected chi connectivity index (χ4v) is 3.12. The van der Waals surface area contributed by atoms with E-state index in [9.17, 15) is 18.8 Å². The first-order valence-electron chi connectivity index (χ1n) is 9.42. The standard InChI is InChI=1S/C23H16BrClFN3O4/c1-13(28-29-22(31)21(30)27-20-11-8-15(24)12-19(20)26)14-6-9-16(10-7-14)33-23(32)17-4-2-3-5-18(17)25/h2-12H,1H3,(H,27,30)(H,29,31)/b28-13+. The normalized spacial score (nSPS) is 11.0. The van der Waals surface area contributed by atoms with Crippen LogP contribution < -0.4 is 15.5 Å². The number of halogens is 3. The lowest BCUT2D eigenvalue weighted by atomic mass is 10.1. The van der Waals surface area contributed by atoms with Crippen LogP contribution in [-0.2, 0) is 9.59 Å². The third-order valence-electron chi connectivity index (χ3n) is 4.29. The first-order chi connectivity index (χ1) is 15.7. The van der Waals surface area contributed by atoms with Crippen molar-refractivity contribution in [2.75, 3.05) is 5.32 Å². The van der Waals surface area contributed by atoms with E-state index in [0.717, 1.165) is 6.07 Å². The van der Waals surface area contributed by atoms with Crippen LogP contribution in [0.3, 0.4) is 0 Å². The molecule has 0 radical (unpaired) electrons. The van der Waals surface area contributed by atoms with Gasteiger partial charge in [0.2, 0.25) is 0 Å². The molecule has 0 unspecified atom stereocenters. The van der Waals surface area contributed by atoms with Crippen LogP contribution in [-0.4, -0.2) is 23.5 Å². The maximum Gasteiger partial charge on any atom is 0.345 e. The highest BCUT2D eigenvalue weighted by Crippen LogP contribution is 2.20. The fraction of sp³-hybridized carbons (Fsp3) is 0.0435. The lowest BCUT2D eigenvalue weighted by Crippen LogP contribution is -2.33. The summed E-state index contributed by atoms with van der Waals surface area (Å²) < 4.78 is 19.6. The quantitative estimate of drug-likeness (QED) is 0.160. The van der Waals surface area contributed by atoms with Gasteiger partial charge in [-0.05, 0) is 67.1 Å². The van der Waals surface area contributed by atoms with Crippen LogP contribution in [0.4, 0.5) is 10.1 Å². The number of nitrogens with one attached hydrogen (secondary N) is 2. The molecule has 0 aliphatic carbocycles. The summed E-state index contributed by atoms with van der Waals surface area (Å²) in [4.78, 5) is 36.1. The molecule has 168 valence electrons. The van der Waals surface area contributed by atoms with Gasteiger partial charge in [0.15, 0.2) is 0 Å². The highest BCUT2D eigenvalue weighted by Gasteiger charge is 2.16. The summed E-state index contributed by atoms with van der Waals surface area (Å²) in [7, 11) is 0.